The first-order valence-electron chi connectivity index (χ1n) is 3.99. The molecule has 0 fully saturated rings. The van der Waals surface area contributed by atoms with E-state index in [1.807, 2.05) is 24.3 Å². The summed E-state index contributed by atoms with van der Waals surface area (Å²) in [4.78, 5) is 22.2. The summed E-state index contributed by atoms with van der Waals surface area (Å²) >= 11 is 0. The minimum atomic E-state index is -0.472. The number of allylic oxidation sites excluding steroid dienone is 4. The molecule has 2 nitrogen and oxygen atoms in total. The molecule has 15 heavy (non-hydrogen) atoms. The van der Waals surface area contributed by atoms with E-state index in [4.69, 9.17) is 0 Å². The van der Waals surface area contributed by atoms with E-state index in [0.717, 1.165) is 0 Å². The van der Waals surface area contributed by atoms with Crippen LogP contribution in [0.5, 0.6) is 0 Å². The molecule has 1 rings (SSSR count). The molecular formula is C10H12Cl2O2Ti. The normalized spacial score (nSPS) is 12.7. The molecule has 0 aromatic carbocycles. The fourth-order valence-corrected chi connectivity index (χ4v) is 1.50. The number of carbonyl (C=O) groups is 2. The van der Waals surface area contributed by atoms with Gasteiger partial charge in [-0.1, -0.05) is 24.3 Å². The zero-order valence-corrected chi connectivity index (χ0v) is 11.6. The summed E-state index contributed by atoms with van der Waals surface area (Å²) in [5.74, 6) is -0.590. The molecule has 0 N–H and O–H groups in total. The van der Waals surface area contributed by atoms with E-state index < -0.39 is 5.92 Å². The molecule has 0 heterocycles. The van der Waals surface area contributed by atoms with Crippen molar-refractivity contribution in [2.24, 2.45) is 11.8 Å². The summed E-state index contributed by atoms with van der Waals surface area (Å²) in [6, 6.07) is 0. The molecule has 0 saturated heterocycles. The van der Waals surface area contributed by atoms with Crippen molar-refractivity contribution in [3.8, 4) is 0 Å². The molecule has 5 heteroatoms. The summed E-state index contributed by atoms with van der Waals surface area (Å²) in [6.07, 6.45) is 7.49. The summed E-state index contributed by atoms with van der Waals surface area (Å²) in [6.45, 7) is 2.93. The third kappa shape index (κ3) is 5.67. The number of Topliss-reactive ketones (excluding diaryl/α,β-unsaturated/α-hetero) is 2. The Hall–Kier alpha value is 0.114. The first kappa shape index (κ1) is 20.5. The first-order valence-corrected chi connectivity index (χ1v) is 3.99. The van der Waals surface area contributed by atoms with Crippen LogP contribution >= 0.6 is 0 Å². The molecular weight excluding hydrogens is 271 g/mol. The summed E-state index contributed by atoms with van der Waals surface area (Å²) in [7, 11) is 0. The molecule has 0 bridgehead atoms. The number of halogens is 2. The van der Waals surface area contributed by atoms with Crippen LogP contribution in [0.4, 0.5) is 0 Å². The fourth-order valence-electron chi connectivity index (χ4n) is 1.50. The number of rotatable bonds is 3. The monoisotopic (exact) mass is 282 g/mol. The van der Waals surface area contributed by atoms with E-state index in [1.165, 1.54) is 13.8 Å². The van der Waals surface area contributed by atoms with Gasteiger partial charge in [0.25, 0.3) is 0 Å². The number of carbonyl (C=O) groups excluding carboxylic acids is 2. The minimum absolute atomic E-state index is 0. The van der Waals surface area contributed by atoms with E-state index in [2.05, 4.69) is 0 Å². The number of hydrogen-bond acceptors (Lipinski definition) is 2. The molecule has 82 valence electrons. The Morgan fingerprint density at radius 3 is 1.60 bits per heavy atom. The Morgan fingerprint density at radius 2 is 1.33 bits per heavy atom. The smallest absolute Gasteiger partial charge is 1.00 e. The Morgan fingerprint density at radius 1 is 1.00 bits per heavy atom. The van der Waals surface area contributed by atoms with E-state index in [1.54, 1.807) is 0 Å². The van der Waals surface area contributed by atoms with Gasteiger partial charge < -0.3 is 24.8 Å². The average molecular weight is 283 g/mol. The predicted molar refractivity (Wildman–Crippen MR) is 46.6 cm³/mol. The van der Waals surface area contributed by atoms with Crippen LogP contribution in [0.1, 0.15) is 13.8 Å². The Bertz CT molecular complexity index is 249. The van der Waals surface area contributed by atoms with Crippen molar-refractivity contribution in [1.29, 1.82) is 0 Å². The van der Waals surface area contributed by atoms with Gasteiger partial charge in [-0.3, -0.25) is 9.59 Å². The molecule has 0 aromatic heterocycles. The van der Waals surface area contributed by atoms with Crippen molar-refractivity contribution >= 4 is 11.6 Å². The number of ketones is 2. The van der Waals surface area contributed by atoms with E-state index >= 15 is 0 Å². The topological polar surface area (TPSA) is 34.1 Å². The summed E-state index contributed by atoms with van der Waals surface area (Å²) < 4.78 is 0. The van der Waals surface area contributed by atoms with Crippen molar-refractivity contribution in [2.45, 2.75) is 13.8 Å². The third-order valence-corrected chi connectivity index (χ3v) is 2.04. The first-order chi connectivity index (χ1) is 5.63. The van der Waals surface area contributed by atoms with E-state index in [-0.39, 0.29) is 64.0 Å². The van der Waals surface area contributed by atoms with Crippen molar-refractivity contribution in [3.63, 3.8) is 0 Å². The van der Waals surface area contributed by atoms with Crippen molar-refractivity contribution in [1.82, 2.24) is 0 Å². The molecule has 0 spiro atoms. The van der Waals surface area contributed by atoms with Gasteiger partial charge in [0, 0.05) is 5.92 Å². The van der Waals surface area contributed by atoms with Crippen LogP contribution in [-0.4, -0.2) is 11.6 Å². The zero-order chi connectivity index (χ0) is 9.14. The maximum atomic E-state index is 11.1. The summed E-state index contributed by atoms with van der Waals surface area (Å²) in [5, 5.41) is 0. The molecule has 1 aliphatic carbocycles. The van der Waals surface area contributed by atoms with Gasteiger partial charge in [0.15, 0.2) is 0 Å². The summed E-state index contributed by atoms with van der Waals surface area (Å²) in [5.41, 5.74) is 0. The van der Waals surface area contributed by atoms with E-state index in [9.17, 15) is 9.59 Å². The van der Waals surface area contributed by atoms with Gasteiger partial charge in [-0.15, -0.1) is 0 Å². The second kappa shape index (κ2) is 9.35. The van der Waals surface area contributed by atoms with Gasteiger partial charge in [-0.25, -0.2) is 0 Å². The van der Waals surface area contributed by atoms with Crippen LogP contribution in [-0.2, 0) is 31.3 Å². The zero-order valence-electron chi connectivity index (χ0n) is 8.54. The molecule has 0 amide bonds. The van der Waals surface area contributed by atoms with Gasteiger partial charge in [-0.2, -0.15) is 0 Å². The van der Waals surface area contributed by atoms with Crippen LogP contribution in [0, 0.1) is 11.8 Å². The van der Waals surface area contributed by atoms with Crippen LogP contribution in [0.2, 0.25) is 0 Å². The largest absolute Gasteiger partial charge is 2.00 e. The third-order valence-electron chi connectivity index (χ3n) is 2.04. The van der Waals surface area contributed by atoms with Gasteiger partial charge in [-0.05, 0) is 13.8 Å². The minimum Gasteiger partial charge on any atom is -1.00 e. The molecule has 0 unspecified atom stereocenters. The average Bonchev–Trinajstić information content (AvgIpc) is 2.37. The van der Waals surface area contributed by atoms with Gasteiger partial charge >= 0.3 is 21.7 Å². The molecule has 0 atom stereocenters. The second-order valence-corrected chi connectivity index (χ2v) is 3.05. The van der Waals surface area contributed by atoms with Crippen molar-refractivity contribution < 1.29 is 56.1 Å². The van der Waals surface area contributed by atoms with E-state index in [0.29, 0.717) is 0 Å². The Kier molecular flexibility index (Phi) is 12.8. The molecule has 0 aliphatic heterocycles. The van der Waals surface area contributed by atoms with Crippen molar-refractivity contribution in [2.75, 3.05) is 0 Å². The standard InChI is InChI=1S/C10H12O2.2ClH.Ti/c1-7(11)10(8(2)12)9-5-3-4-6-9;;;/h3-6,9-10H,1-2H3;2*1H;/q;;;+2/p-2. The van der Waals surface area contributed by atoms with Crippen LogP contribution in [0.25, 0.3) is 0 Å². The Labute approximate surface area is 117 Å². The van der Waals surface area contributed by atoms with Crippen molar-refractivity contribution in [3.05, 3.63) is 24.3 Å². The van der Waals surface area contributed by atoms with Crippen LogP contribution < -0.4 is 24.8 Å². The molecule has 1 aliphatic rings. The van der Waals surface area contributed by atoms with Crippen LogP contribution in [0.15, 0.2) is 24.3 Å². The molecule has 0 aromatic rings. The SMILES string of the molecule is CC(=O)C(C(C)=O)C1C=CC=C1.[Cl-].[Cl-].[Ti+2]. The quantitative estimate of drug-likeness (QED) is 0.387. The molecule has 0 saturated carbocycles. The van der Waals surface area contributed by atoms with Gasteiger partial charge in [0.2, 0.25) is 0 Å². The van der Waals surface area contributed by atoms with Gasteiger partial charge in [0.05, 0.1) is 5.92 Å². The Balaban J connectivity index is -0.000000480. The molecule has 0 radical (unpaired) electrons. The number of hydrogen-bond donors (Lipinski definition) is 0. The second-order valence-electron chi connectivity index (χ2n) is 3.05. The van der Waals surface area contributed by atoms with Gasteiger partial charge in [0.1, 0.15) is 11.6 Å². The predicted octanol–water partition coefficient (Wildman–Crippen LogP) is -4.47. The fraction of sp³-hybridized carbons (Fsp3) is 0.400. The maximum Gasteiger partial charge on any atom is 2.00 e. The maximum absolute atomic E-state index is 11.1. The van der Waals surface area contributed by atoms with Crippen LogP contribution in [0.3, 0.4) is 0 Å².